The van der Waals surface area contributed by atoms with E-state index >= 15 is 0 Å². The lowest BCUT2D eigenvalue weighted by molar-refractivity contribution is 0.414. The normalized spacial score (nSPS) is 10.5. The molecule has 0 amide bonds. The Bertz CT molecular complexity index is 746. The Kier molecular flexibility index (Phi) is 3.35. The molecule has 0 atom stereocenters. The first-order valence-corrected chi connectivity index (χ1v) is 6.31. The van der Waals surface area contributed by atoms with Gasteiger partial charge in [0, 0.05) is 11.6 Å². The summed E-state index contributed by atoms with van der Waals surface area (Å²) in [6, 6.07) is 7.34. The molecule has 0 unspecified atom stereocenters. The number of nitrogens with zero attached hydrogens (tertiary/aromatic N) is 3. The van der Waals surface area contributed by atoms with Crippen LogP contribution in [0.4, 0.5) is 11.5 Å². The molecule has 0 radical (unpaired) electrons. The number of fused-ring (bicyclic) bond motifs is 1. The highest BCUT2D eigenvalue weighted by molar-refractivity contribution is 6.29. The SMILES string of the molecule is COc1cnc2c(Nc3ccc(Cl)nc3)nccc2c1. The van der Waals surface area contributed by atoms with Crippen molar-refractivity contribution in [3.63, 3.8) is 0 Å². The van der Waals surface area contributed by atoms with Crippen molar-refractivity contribution in [3.05, 3.63) is 48.0 Å². The summed E-state index contributed by atoms with van der Waals surface area (Å²) in [7, 11) is 1.61. The molecule has 5 nitrogen and oxygen atoms in total. The number of aromatic nitrogens is 3. The van der Waals surface area contributed by atoms with Crippen molar-refractivity contribution < 1.29 is 4.74 Å². The molecule has 3 heterocycles. The molecule has 100 valence electrons. The number of hydrogen-bond donors (Lipinski definition) is 1. The number of pyridine rings is 3. The van der Waals surface area contributed by atoms with Gasteiger partial charge in [0.15, 0.2) is 5.82 Å². The molecule has 20 heavy (non-hydrogen) atoms. The van der Waals surface area contributed by atoms with Crippen molar-refractivity contribution in [1.82, 2.24) is 15.0 Å². The van der Waals surface area contributed by atoms with E-state index in [9.17, 15) is 0 Å². The molecule has 0 aromatic carbocycles. The van der Waals surface area contributed by atoms with Gasteiger partial charge in [-0.1, -0.05) is 11.6 Å². The van der Waals surface area contributed by atoms with Gasteiger partial charge < -0.3 is 10.1 Å². The molecule has 0 aliphatic carbocycles. The number of nitrogens with one attached hydrogen (secondary N) is 1. The van der Waals surface area contributed by atoms with Gasteiger partial charge in [-0.05, 0) is 24.3 Å². The van der Waals surface area contributed by atoms with Crippen LogP contribution in [-0.4, -0.2) is 22.1 Å². The Balaban J connectivity index is 2.01. The molecule has 0 saturated carbocycles. The third-order valence-corrected chi connectivity index (χ3v) is 3.02. The second kappa shape index (κ2) is 5.30. The van der Waals surface area contributed by atoms with Crippen LogP contribution in [0.15, 0.2) is 42.9 Å². The predicted octanol–water partition coefficient (Wildman–Crippen LogP) is 3.43. The largest absolute Gasteiger partial charge is 0.495 e. The number of methoxy groups -OCH3 is 1. The van der Waals surface area contributed by atoms with E-state index in [1.165, 1.54) is 0 Å². The van der Waals surface area contributed by atoms with Crippen molar-refractivity contribution in [1.29, 1.82) is 0 Å². The van der Waals surface area contributed by atoms with Gasteiger partial charge in [0.05, 0.1) is 25.2 Å². The maximum Gasteiger partial charge on any atom is 0.156 e. The molecular formula is C14H11ClN4O. The minimum Gasteiger partial charge on any atom is -0.495 e. The lowest BCUT2D eigenvalue weighted by atomic mass is 10.2. The zero-order valence-electron chi connectivity index (χ0n) is 10.7. The van der Waals surface area contributed by atoms with Crippen LogP contribution in [0.5, 0.6) is 5.75 Å². The summed E-state index contributed by atoms with van der Waals surface area (Å²) in [5, 5.41) is 4.57. The van der Waals surface area contributed by atoms with Crippen LogP contribution in [0, 0.1) is 0 Å². The minimum atomic E-state index is 0.448. The van der Waals surface area contributed by atoms with Crippen molar-refractivity contribution >= 4 is 34.0 Å². The van der Waals surface area contributed by atoms with Gasteiger partial charge >= 0.3 is 0 Å². The first-order chi connectivity index (χ1) is 9.76. The van der Waals surface area contributed by atoms with Crippen molar-refractivity contribution in [2.75, 3.05) is 12.4 Å². The van der Waals surface area contributed by atoms with E-state index in [4.69, 9.17) is 16.3 Å². The highest BCUT2D eigenvalue weighted by Gasteiger charge is 2.06. The Morgan fingerprint density at radius 2 is 2.00 bits per heavy atom. The number of halogens is 1. The Morgan fingerprint density at radius 3 is 2.75 bits per heavy atom. The van der Waals surface area contributed by atoms with Gasteiger partial charge in [0.25, 0.3) is 0 Å². The summed E-state index contributed by atoms with van der Waals surface area (Å²) < 4.78 is 5.17. The van der Waals surface area contributed by atoms with E-state index < -0.39 is 0 Å². The van der Waals surface area contributed by atoms with E-state index in [0.717, 1.165) is 16.6 Å². The average molecular weight is 287 g/mol. The molecule has 0 aliphatic rings. The molecule has 3 aromatic rings. The van der Waals surface area contributed by atoms with E-state index in [0.29, 0.717) is 16.7 Å². The third-order valence-electron chi connectivity index (χ3n) is 2.80. The standard InChI is InChI=1S/C14H11ClN4O/c1-20-11-6-9-4-5-16-14(13(9)18-8-11)19-10-2-3-12(15)17-7-10/h2-8H,1H3,(H,16,19). The predicted molar refractivity (Wildman–Crippen MR) is 78.6 cm³/mol. The first kappa shape index (κ1) is 12.6. The van der Waals surface area contributed by atoms with E-state index in [1.54, 1.807) is 31.8 Å². The van der Waals surface area contributed by atoms with Gasteiger partial charge in [-0.25, -0.2) is 15.0 Å². The fraction of sp³-hybridized carbons (Fsp3) is 0.0714. The molecule has 0 saturated heterocycles. The van der Waals surface area contributed by atoms with Gasteiger partial charge in [0.1, 0.15) is 16.4 Å². The molecular weight excluding hydrogens is 276 g/mol. The zero-order chi connectivity index (χ0) is 13.9. The van der Waals surface area contributed by atoms with Crippen molar-refractivity contribution in [3.8, 4) is 5.75 Å². The molecule has 3 rings (SSSR count). The summed E-state index contributed by atoms with van der Waals surface area (Å²) in [5.74, 6) is 1.37. The molecule has 6 heteroatoms. The highest BCUT2D eigenvalue weighted by atomic mass is 35.5. The number of hydrogen-bond acceptors (Lipinski definition) is 5. The first-order valence-electron chi connectivity index (χ1n) is 5.93. The maximum absolute atomic E-state index is 5.76. The van der Waals surface area contributed by atoms with E-state index in [1.807, 2.05) is 18.2 Å². The lowest BCUT2D eigenvalue weighted by Crippen LogP contribution is -1.97. The van der Waals surface area contributed by atoms with Crippen molar-refractivity contribution in [2.45, 2.75) is 0 Å². The number of anilines is 2. The summed E-state index contributed by atoms with van der Waals surface area (Å²) >= 11 is 5.76. The molecule has 1 N–H and O–H groups in total. The van der Waals surface area contributed by atoms with Gasteiger partial charge in [-0.3, -0.25) is 0 Å². The maximum atomic E-state index is 5.76. The van der Waals surface area contributed by atoms with Crippen LogP contribution in [0.25, 0.3) is 10.9 Å². The zero-order valence-corrected chi connectivity index (χ0v) is 11.4. The topological polar surface area (TPSA) is 59.9 Å². The fourth-order valence-electron chi connectivity index (χ4n) is 1.83. The summed E-state index contributed by atoms with van der Waals surface area (Å²) in [5.41, 5.74) is 1.57. The molecule has 0 bridgehead atoms. The number of ether oxygens (including phenoxy) is 1. The van der Waals surface area contributed by atoms with Gasteiger partial charge in [0.2, 0.25) is 0 Å². The van der Waals surface area contributed by atoms with Crippen LogP contribution in [-0.2, 0) is 0 Å². The second-order valence-corrected chi connectivity index (χ2v) is 4.49. The van der Waals surface area contributed by atoms with Gasteiger partial charge in [-0.2, -0.15) is 0 Å². The number of rotatable bonds is 3. The van der Waals surface area contributed by atoms with Crippen LogP contribution in [0.3, 0.4) is 0 Å². The molecule has 0 aliphatic heterocycles. The highest BCUT2D eigenvalue weighted by Crippen LogP contribution is 2.25. The molecule has 0 fully saturated rings. The van der Waals surface area contributed by atoms with Crippen LogP contribution in [0.1, 0.15) is 0 Å². The van der Waals surface area contributed by atoms with E-state index in [-0.39, 0.29) is 0 Å². The summed E-state index contributed by atoms with van der Waals surface area (Å²) in [6.45, 7) is 0. The molecule has 0 spiro atoms. The Hall–Kier alpha value is -2.40. The van der Waals surface area contributed by atoms with Gasteiger partial charge in [-0.15, -0.1) is 0 Å². The third kappa shape index (κ3) is 2.48. The van der Waals surface area contributed by atoms with Crippen molar-refractivity contribution in [2.24, 2.45) is 0 Å². The summed E-state index contributed by atoms with van der Waals surface area (Å²) in [6.07, 6.45) is 5.02. The summed E-state index contributed by atoms with van der Waals surface area (Å²) in [4.78, 5) is 12.7. The van der Waals surface area contributed by atoms with Crippen LogP contribution in [0.2, 0.25) is 5.15 Å². The van der Waals surface area contributed by atoms with E-state index in [2.05, 4.69) is 20.3 Å². The fourth-order valence-corrected chi connectivity index (χ4v) is 1.94. The average Bonchev–Trinajstić information content (AvgIpc) is 2.49. The lowest BCUT2D eigenvalue weighted by Gasteiger charge is -2.08. The monoisotopic (exact) mass is 286 g/mol. The Labute approximate surface area is 120 Å². The van der Waals surface area contributed by atoms with Crippen LogP contribution < -0.4 is 10.1 Å². The minimum absolute atomic E-state index is 0.448. The second-order valence-electron chi connectivity index (χ2n) is 4.10. The molecule has 3 aromatic heterocycles. The Morgan fingerprint density at radius 1 is 1.10 bits per heavy atom. The quantitative estimate of drug-likeness (QED) is 0.748. The van der Waals surface area contributed by atoms with Crippen LogP contribution >= 0.6 is 11.6 Å². The smallest absolute Gasteiger partial charge is 0.156 e.